The number of urea groups is 1. The molecular formula is C18H27N3O2. The first kappa shape index (κ1) is 16.1. The number of anilines is 2. The van der Waals surface area contributed by atoms with Gasteiger partial charge in [0.1, 0.15) is 0 Å². The van der Waals surface area contributed by atoms with Crippen LogP contribution in [0.5, 0.6) is 0 Å². The maximum atomic E-state index is 12.0. The molecule has 2 aliphatic rings. The van der Waals surface area contributed by atoms with Gasteiger partial charge >= 0.3 is 6.03 Å². The fourth-order valence-electron chi connectivity index (χ4n) is 3.70. The molecule has 2 amide bonds. The van der Waals surface area contributed by atoms with E-state index in [-0.39, 0.29) is 18.1 Å². The van der Waals surface area contributed by atoms with Crippen molar-refractivity contribution in [3.05, 3.63) is 23.8 Å². The van der Waals surface area contributed by atoms with Crippen molar-refractivity contribution in [3.8, 4) is 0 Å². The summed E-state index contributed by atoms with van der Waals surface area (Å²) in [6.07, 6.45) is 5.14. The molecule has 0 radical (unpaired) electrons. The number of rotatable bonds is 4. The number of amides is 2. The van der Waals surface area contributed by atoms with Gasteiger partial charge in [0.2, 0.25) is 0 Å². The highest BCUT2D eigenvalue weighted by Gasteiger charge is 2.25. The molecular weight excluding hydrogens is 290 g/mol. The highest BCUT2D eigenvalue weighted by molar-refractivity contribution is 5.89. The Morgan fingerprint density at radius 2 is 2.04 bits per heavy atom. The van der Waals surface area contributed by atoms with Gasteiger partial charge in [-0.2, -0.15) is 0 Å². The summed E-state index contributed by atoms with van der Waals surface area (Å²) in [6.45, 7) is 4.87. The summed E-state index contributed by atoms with van der Waals surface area (Å²) in [5.41, 5.74) is 3.27. The number of aliphatic hydroxyl groups excluding tert-OH is 1. The SMILES string of the molecule is Cc1cc(NC(=O)NC[C@@H]2CCC[C@@H]2O)ccc1N1CCCC1. The zero-order valence-electron chi connectivity index (χ0n) is 13.8. The minimum absolute atomic E-state index is 0.194. The molecule has 2 atom stereocenters. The van der Waals surface area contributed by atoms with Crippen LogP contribution in [0.1, 0.15) is 37.7 Å². The fourth-order valence-corrected chi connectivity index (χ4v) is 3.70. The van der Waals surface area contributed by atoms with E-state index < -0.39 is 0 Å². The van der Waals surface area contributed by atoms with Crippen LogP contribution in [0.15, 0.2) is 18.2 Å². The molecule has 1 saturated heterocycles. The van der Waals surface area contributed by atoms with E-state index in [1.165, 1.54) is 24.1 Å². The summed E-state index contributed by atoms with van der Waals surface area (Å²) in [6, 6.07) is 5.89. The summed E-state index contributed by atoms with van der Waals surface area (Å²) in [7, 11) is 0. The average Bonchev–Trinajstić information content (AvgIpc) is 3.17. The van der Waals surface area contributed by atoms with E-state index in [2.05, 4.69) is 28.5 Å². The monoisotopic (exact) mass is 317 g/mol. The van der Waals surface area contributed by atoms with E-state index in [0.29, 0.717) is 6.54 Å². The molecule has 1 aliphatic carbocycles. The first-order valence-corrected chi connectivity index (χ1v) is 8.72. The van der Waals surface area contributed by atoms with Crippen LogP contribution in [0, 0.1) is 12.8 Å². The van der Waals surface area contributed by atoms with Crippen molar-refractivity contribution >= 4 is 17.4 Å². The lowest BCUT2D eigenvalue weighted by Crippen LogP contribution is -2.35. The van der Waals surface area contributed by atoms with Crippen molar-refractivity contribution in [1.82, 2.24) is 5.32 Å². The van der Waals surface area contributed by atoms with Gasteiger partial charge in [0.25, 0.3) is 0 Å². The standard InChI is InChI=1S/C18H27N3O2/c1-13-11-15(7-8-16(13)21-9-2-3-10-21)20-18(23)19-12-14-5-4-6-17(14)22/h7-8,11,14,17,22H,2-6,9-10,12H2,1H3,(H2,19,20,23)/t14-,17-/m0/s1. The summed E-state index contributed by atoms with van der Waals surface area (Å²) in [5.74, 6) is 0.194. The van der Waals surface area contributed by atoms with Gasteiger partial charge in [0.05, 0.1) is 6.10 Å². The van der Waals surface area contributed by atoms with Crippen LogP contribution < -0.4 is 15.5 Å². The average molecular weight is 317 g/mol. The minimum atomic E-state index is -0.266. The predicted octanol–water partition coefficient (Wildman–Crippen LogP) is 2.88. The number of carbonyl (C=O) groups excluding carboxylic acids is 1. The second-order valence-electron chi connectivity index (χ2n) is 6.79. The molecule has 126 valence electrons. The molecule has 2 fully saturated rings. The van der Waals surface area contributed by atoms with Crippen LogP contribution in [0.25, 0.3) is 0 Å². The number of carbonyl (C=O) groups is 1. The quantitative estimate of drug-likeness (QED) is 0.800. The number of aryl methyl sites for hydroxylation is 1. The van der Waals surface area contributed by atoms with Gasteiger partial charge in [-0.3, -0.25) is 0 Å². The Balaban J connectivity index is 1.53. The summed E-state index contributed by atoms with van der Waals surface area (Å²) in [5, 5.41) is 15.5. The normalized spacial score (nSPS) is 24.0. The van der Waals surface area contributed by atoms with Crippen LogP contribution in [0.3, 0.4) is 0 Å². The number of aliphatic hydroxyl groups is 1. The van der Waals surface area contributed by atoms with Crippen molar-refractivity contribution in [2.75, 3.05) is 29.9 Å². The topological polar surface area (TPSA) is 64.6 Å². The van der Waals surface area contributed by atoms with E-state index in [1.807, 2.05) is 12.1 Å². The van der Waals surface area contributed by atoms with Gasteiger partial charge in [0.15, 0.2) is 0 Å². The third kappa shape index (κ3) is 3.96. The van der Waals surface area contributed by atoms with Crippen molar-refractivity contribution in [2.24, 2.45) is 5.92 Å². The van der Waals surface area contributed by atoms with Gasteiger partial charge in [0, 0.05) is 36.9 Å². The molecule has 5 nitrogen and oxygen atoms in total. The maximum Gasteiger partial charge on any atom is 0.319 e. The lowest BCUT2D eigenvalue weighted by molar-refractivity contribution is 0.133. The minimum Gasteiger partial charge on any atom is -0.393 e. The van der Waals surface area contributed by atoms with Crippen molar-refractivity contribution in [1.29, 1.82) is 0 Å². The zero-order valence-corrected chi connectivity index (χ0v) is 13.8. The van der Waals surface area contributed by atoms with Crippen LogP contribution >= 0.6 is 0 Å². The second-order valence-corrected chi connectivity index (χ2v) is 6.79. The number of hydrogen-bond donors (Lipinski definition) is 3. The Hall–Kier alpha value is -1.75. The van der Waals surface area contributed by atoms with Crippen LogP contribution in [0.4, 0.5) is 16.2 Å². The Kier molecular flexibility index (Phi) is 5.06. The van der Waals surface area contributed by atoms with Gasteiger partial charge in [-0.15, -0.1) is 0 Å². The Morgan fingerprint density at radius 3 is 2.70 bits per heavy atom. The molecule has 0 aromatic heterocycles. The number of hydrogen-bond acceptors (Lipinski definition) is 3. The van der Waals surface area contributed by atoms with Gasteiger partial charge in [-0.25, -0.2) is 4.79 Å². The van der Waals surface area contributed by atoms with Crippen molar-refractivity contribution in [3.63, 3.8) is 0 Å². The molecule has 5 heteroatoms. The predicted molar refractivity (Wildman–Crippen MR) is 93.0 cm³/mol. The van der Waals surface area contributed by atoms with Gasteiger partial charge in [-0.1, -0.05) is 6.42 Å². The maximum absolute atomic E-state index is 12.0. The first-order valence-electron chi connectivity index (χ1n) is 8.72. The van der Waals surface area contributed by atoms with E-state index in [0.717, 1.165) is 38.0 Å². The Morgan fingerprint density at radius 1 is 1.26 bits per heavy atom. The molecule has 1 aromatic carbocycles. The molecule has 0 bridgehead atoms. The number of nitrogens with one attached hydrogen (secondary N) is 2. The van der Waals surface area contributed by atoms with Crippen LogP contribution in [-0.2, 0) is 0 Å². The molecule has 1 heterocycles. The number of benzene rings is 1. The van der Waals surface area contributed by atoms with E-state index in [4.69, 9.17) is 0 Å². The van der Waals surface area contributed by atoms with Crippen molar-refractivity contribution < 1.29 is 9.90 Å². The van der Waals surface area contributed by atoms with Crippen LogP contribution in [-0.4, -0.2) is 36.9 Å². The number of nitrogens with zero attached hydrogens (tertiary/aromatic N) is 1. The van der Waals surface area contributed by atoms with Crippen molar-refractivity contribution in [2.45, 2.75) is 45.1 Å². The Labute approximate surface area is 138 Å². The smallest absolute Gasteiger partial charge is 0.319 e. The molecule has 1 aliphatic heterocycles. The zero-order chi connectivity index (χ0) is 16.2. The molecule has 1 aromatic rings. The third-order valence-corrected chi connectivity index (χ3v) is 5.05. The van der Waals surface area contributed by atoms with Crippen LogP contribution in [0.2, 0.25) is 0 Å². The molecule has 23 heavy (non-hydrogen) atoms. The third-order valence-electron chi connectivity index (χ3n) is 5.05. The lowest BCUT2D eigenvalue weighted by Gasteiger charge is -2.21. The summed E-state index contributed by atoms with van der Waals surface area (Å²) in [4.78, 5) is 14.4. The molecule has 3 rings (SSSR count). The molecule has 1 saturated carbocycles. The van der Waals surface area contributed by atoms with E-state index in [9.17, 15) is 9.90 Å². The highest BCUT2D eigenvalue weighted by Crippen LogP contribution is 2.27. The van der Waals surface area contributed by atoms with E-state index >= 15 is 0 Å². The fraction of sp³-hybridized carbons (Fsp3) is 0.611. The summed E-state index contributed by atoms with van der Waals surface area (Å²) >= 11 is 0. The summed E-state index contributed by atoms with van der Waals surface area (Å²) < 4.78 is 0. The molecule has 0 unspecified atom stereocenters. The molecule has 0 spiro atoms. The lowest BCUT2D eigenvalue weighted by atomic mass is 10.1. The van der Waals surface area contributed by atoms with E-state index in [1.54, 1.807) is 0 Å². The van der Waals surface area contributed by atoms with Gasteiger partial charge < -0.3 is 20.6 Å². The largest absolute Gasteiger partial charge is 0.393 e. The first-order chi connectivity index (χ1) is 11.1. The second kappa shape index (κ2) is 7.21. The Bertz CT molecular complexity index is 555. The highest BCUT2D eigenvalue weighted by atomic mass is 16.3. The van der Waals surface area contributed by atoms with Gasteiger partial charge in [-0.05, 0) is 56.4 Å². The molecule has 3 N–H and O–H groups in total.